The average molecular weight is 264 g/mol. The Labute approximate surface area is 108 Å². The second-order valence-electron chi connectivity index (χ2n) is 4.53. The van der Waals surface area contributed by atoms with Crippen molar-refractivity contribution in [2.24, 2.45) is 0 Å². The summed E-state index contributed by atoms with van der Waals surface area (Å²) >= 11 is 1.48. The zero-order valence-electron chi connectivity index (χ0n) is 9.67. The van der Waals surface area contributed by atoms with Gasteiger partial charge in [-0.15, -0.1) is 0 Å². The molecule has 0 aromatic carbocycles. The second kappa shape index (κ2) is 4.20. The Bertz CT molecular complexity index is 489. The third-order valence-corrected chi connectivity index (χ3v) is 4.06. The maximum Gasteiger partial charge on any atom is 0.254 e. The van der Waals surface area contributed by atoms with E-state index in [9.17, 15) is 14.4 Å². The van der Waals surface area contributed by atoms with Crippen molar-refractivity contribution in [1.29, 1.82) is 0 Å². The molecule has 1 aromatic rings. The molecule has 0 radical (unpaired) electrons. The predicted molar refractivity (Wildman–Crippen MR) is 65.1 cm³/mol. The molecule has 0 unspecified atom stereocenters. The number of carbonyl (C=O) groups is 3. The number of carbonyl (C=O) groups excluding carboxylic acids is 3. The summed E-state index contributed by atoms with van der Waals surface area (Å²) in [4.78, 5) is 38.0. The minimum atomic E-state index is -0.116. The normalized spacial score (nSPS) is 20.4. The van der Waals surface area contributed by atoms with Crippen LogP contribution in [0.5, 0.6) is 0 Å². The molecule has 3 heterocycles. The summed E-state index contributed by atoms with van der Waals surface area (Å²) in [7, 11) is 0. The summed E-state index contributed by atoms with van der Waals surface area (Å²) in [5, 5.41) is 3.67. The molecule has 2 fully saturated rings. The van der Waals surface area contributed by atoms with E-state index < -0.39 is 0 Å². The van der Waals surface area contributed by atoms with E-state index in [1.54, 1.807) is 11.0 Å². The molecule has 0 atom stereocenters. The Kier molecular flexibility index (Phi) is 2.66. The van der Waals surface area contributed by atoms with Gasteiger partial charge < -0.3 is 4.90 Å². The number of thiophene rings is 1. The van der Waals surface area contributed by atoms with Gasteiger partial charge in [-0.1, -0.05) is 0 Å². The number of imide groups is 1. The highest BCUT2D eigenvalue weighted by Gasteiger charge is 2.42. The van der Waals surface area contributed by atoms with Gasteiger partial charge in [0.05, 0.1) is 11.6 Å². The van der Waals surface area contributed by atoms with Crippen molar-refractivity contribution in [3.8, 4) is 0 Å². The SMILES string of the molecule is O=C(c1ccsc1)N1CC(N2C(=O)CCC2=O)C1. The standard InChI is InChI=1S/C12H12N2O3S/c15-10-1-2-11(16)14(10)9-5-13(6-9)12(17)8-3-4-18-7-8/h3-4,7,9H,1-2,5-6H2. The van der Waals surface area contributed by atoms with Gasteiger partial charge in [-0.3, -0.25) is 19.3 Å². The zero-order valence-corrected chi connectivity index (χ0v) is 10.5. The van der Waals surface area contributed by atoms with Crippen molar-refractivity contribution in [3.05, 3.63) is 22.4 Å². The van der Waals surface area contributed by atoms with Gasteiger partial charge in [-0.25, -0.2) is 0 Å². The van der Waals surface area contributed by atoms with Gasteiger partial charge in [0.15, 0.2) is 0 Å². The van der Waals surface area contributed by atoms with Gasteiger partial charge in [0.25, 0.3) is 5.91 Å². The first kappa shape index (κ1) is 11.4. The van der Waals surface area contributed by atoms with Crippen molar-refractivity contribution in [2.75, 3.05) is 13.1 Å². The van der Waals surface area contributed by atoms with E-state index in [-0.39, 0.29) is 23.8 Å². The first-order valence-corrected chi connectivity index (χ1v) is 6.77. The van der Waals surface area contributed by atoms with Crippen molar-refractivity contribution < 1.29 is 14.4 Å². The topological polar surface area (TPSA) is 57.7 Å². The van der Waals surface area contributed by atoms with Gasteiger partial charge in [0, 0.05) is 31.3 Å². The largest absolute Gasteiger partial charge is 0.334 e. The van der Waals surface area contributed by atoms with Crippen LogP contribution in [0.15, 0.2) is 16.8 Å². The molecule has 1 aromatic heterocycles. The van der Waals surface area contributed by atoms with Gasteiger partial charge >= 0.3 is 0 Å². The molecule has 6 heteroatoms. The van der Waals surface area contributed by atoms with Crippen molar-refractivity contribution in [3.63, 3.8) is 0 Å². The Hall–Kier alpha value is -1.69. The Morgan fingerprint density at radius 3 is 2.44 bits per heavy atom. The molecule has 18 heavy (non-hydrogen) atoms. The Morgan fingerprint density at radius 1 is 1.22 bits per heavy atom. The highest BCUT2D eigenvalue weighted by Crippen LogP contribution is 2.24. The van der Waals surface area contributed by atoms with Gasteiger partial charge in [-0.2, -0.15) is 11.3 Å². The number of likely N-dealkylation sites (tertiary alicyclic amines) is 2. The first-order chi connectivity index (χ1) is 8.66. The summed E-state index contributed by atoms with van der Waals surface area (Å²) in [6.07, 6.45) is 0.627. The summed E-state index contributed by atoms with van der Waals surface area (Å²) in [6, 6.07) is 1.67. The molecule has 0 saturated carbocycles. The minimum Gasteiger partial charge on any atom is -0.334 e. The van der Waals surface area contributed by atoms with Crippen LogP contribution < -0.4 is 0 Å². The number of amides is 3. The maximum atomic E-state index is 12.0. The van der Waals surface area contributed by atoms with Crippen LogP contribution >= 0.6 is 11.3 Å². The summed E-state index contributed by atoms with van der Waals surface area (Å²) in [5.74, 6) is -0.230. The fourth-order valence-electron chi connectivity index (χ4n) is 2.35. The molecule has 2 aliphatic rings. The number of hydrogen-bond acceptors (Lipinski definition) is 4. The molecule has 2 saturated heterocycles. The monoisotopic (exact) mass is 264 g/mol. The van der Waals surface area contributed by atoms with Crippen LogP contribution in [0.2, 0.25) is 0 Å². The smallest absolute Gasteiger partial charge is 0.254 e. The van der Waals surface area contributed by atoms with Crippen molar-refractivity contribution >= 4 is 29.1 Å². The van der Waals surface area contributed by atoms with Crippen LogP contribution in [-0.2, 0) is 9.59 Å². The number of hydrogen-bond donors (Lipinski definition) is 0. The molecular weight excluding hydrogens is 252 g/mol. The quantitative estimate of drug-likeness (QED) is 0.740. The minimum absolute atomic E-state index is 0.0217. The van der Waals surface area contributed by atoms with Crippen LogP contribution in [0.3, 0.4) is 0 Å². The molecule has 0 N–H and O–H groups in total. The van der Waals surface area contributed by atoms with E-state index in [0.29, 0.717) is 31.5 Å². The molecule has 94 valence electrons. The van der Waals surface area contributed by atoms with E-state index in [1.165, 1.54) is 16.2 Å². The van der Waals surface area contributed by atoms with Crippen molar-refractivity contribution in [1.82, 2.24) is 9.80 Å². The third kappa shape index (κ3) is 1.73. The van der Waals surface area contributed by atoms with E-state index in [2.05, 4.69) is 0 Å². The molecule has 0 aliphatic carbocycles. The molecular formula is C12H12N2O3S. The number of nitrogens with zero attached hydrogens (tertiary/aromatic N) is 2. The van der Waals surface area contributed by atoms with Crippen LogP contribution in [0.25, 0.3) is 0 Å². The van der Waals surface area contributed by atoms with Crippen LogP contribution in [0, 0.1) is 0 Å². The molecule has 5 nitrogen and oxygen atoms in total. The van der Waals surface area contributed by atoms with Gasteiger partial charge in [-0.05, 0) is 11.4 Å². The average Bonchev–Trinajstić information content (AvgIpc) is 2.90. The van der Waals surface area contributed by atoms with E-state index in [0.717, 1.165) is 0 Å². The second-order valence-corrected chi connectivity index (χ2v) is 5.31. The molecule has 3 rings (SSSR count). The van der Waals surface area contributed by atoms with Crippen LogP contribution in [0.1, 0.15) is 23.2 Å². The molecule has 0 bridgehead atoms. The Morgan fingerprint density at radius 2 is 1.89 bits per heavy atom. The Balaban J connectivity index is 1.62. The lowest BCUT2D eigenvalue weighted by Gasteiger charge is -2.42. The van der Waals surface area contributed by atoms with E-state index in [1.807, 2.05) is 10.8 Å². The zero-order chi connectivity index (χ0) is 12.7. The first-order valence-electron chi connectivity index (χ1n) is 5.83. The molecule has 3 amide bonds. The lowest BCUT2D eigenvalue weighted by molar-refractivity contribution is -0.144. The molecule has 0 spiro atoms. The van der Waals surface area contributed by atoms with Crippen molar-refractivity contribution in [2.45, 2.75) is 18.9 Å². The third-order valence-electron chi connectivity index (χ3n) is 3.37. The summed E-state index contributed by atoms with van der Waals surface area (Å²) in [6.45, 7) is 0.929. The van der Waals surface area contributed by atoms with Crippen LogP contribution in [0.4, 0.5) is 0 Å². The summed E-state index contributed by atoms with van der Waals surface area (Å²) < 4.78 is 0. The van der Waals surface area contributed by atoms with E-state index in [4.69, 9.17) is 0 Å². The summed E-state index contributed by atoms with van der Waals surface area (Å²) in [5.41, 5.74) is 0.678. The maximum absolute atomic E-state index is 12.0. The number of rotatable bonds is 2. The molecule has 2 aliphatic heterocycles. The van der Waals surface area contributed by atoms with Crippen LogP contribution in [-0.4, -0.2) is 46.7 Å². The predicted octanol–water partition coefficient (Wildman–Crippen LogP) is 0.722. The fraction of sp³-hybridized carbons (Fsp3) is 0.417. The lowest BCUT2D eigenvalue weighted by atomic mass is 10.1. The van der Waals surface area contributed by atoms with Gasteiger partial charge in [0.2, 0.25) is 11.8 Å². The highest BCUT2D eigenvalue weighted by molar-refractivity contribution is 7.08. The van der Waals surface area contributed by atoms with Gasteiger partial charge in [0.1, 0.15) is 0 Å². The van der Waals surface area contributed by atoms with E-state index >= 15 is 0 Å². The highest BCUT2D eigenvalue weighted by atomic mass is 32.1. The lowest BCUT2D eigenvalue weighted by Crippen LogP contribution is -2.62. The fourth-order valence-corrected chi connectivity index (χ4v) is 2.98.